The van der Waals surface area contributed by atoms with E-state index in [4.69, 9.17) is 11.6 Å². The molecule has 0 spiro atoms. The van der Waals surface area contributed by atoms with Gasteiger partial charge < -0.3 is 10.2 Å². The lowest BCUT2D eigenvalue weighted by molar-refractivity contribution is 0.198. The van der Waals surface area contributed by atoms with E-state index < -0.39 is 15.8 Å². The van der Waals surface area contributed by atoms with E-state index >= 15 is 0 Å². The number of anilines is 2. The minimum atomic E-state index is -3.96. The van der Waals surface area contributed by atoms with Gasteiger partial charge in [-0.2, -0.15) is 0 Å². The first kappa shape index (κ1) is 28.0. The Morgan fingerprint density at radius 2 is 1.76 bits per heavy atom. The number of sulfonamides is 1. The van der Waals surface area contributed by atoms with Crippen LogP contribution in [0, 0.1) is 18.7 Å². The summed E-state index contributed by atoms with van der Waals surface area (Å²) in [5, 5.41) is 3.42. The molecular formula is C28H33ClFN5O2S. The molecule has 7 nitrogen and oxygen atoms in total. The van der Waals surface area contributed by atoms with Crippen molar-refractivity contribution in [3.63, 3.8) is 0 Å². The van der Waals surface area contributed by atoms with Gasteiger partial charge in [0.05, 0.1) is 10.7 Å². The molecule has 3 aromatic rings. The SMILES string of the molecule is Cc1cc(NS(=O)(=O)c2ccccc2Cl)cc(F)c1/C=C/c1cnc(NCC2CCC(N(C)C)CC2)nc1. The average molecular weight is 558 g/mol. The van der Waals surface area contributed by atoms with Gasteiger partial charge in [-0.25, -0.2) is 22.8 Å². The molecule has 0 amide bonds. The van der Waals surface area contributed by atoms with Crippen LogP contribution in [0.1, 0.15) is 42.4 Å². The number of aryl methyl sites for hydroxylation is 1. The van der Waals surface area contributed by atoms with Crippen molar-refractivity contribution >= 4 is 45.4 Å². The molecule has 1 fully saturated rings. The van der Waals surface area contributed by atoms with Crippen LogP contribution in [-0.2, 0) is 10.0 Å². The zero-order valence-electron chi connectivity index (χ0n) is 21.8. The largest absolute Gasteiger partial charge is 0.354 e. The molecule has 4 rings (SSSR count). The third-order valence-electron chi connectivity index (χ3n) is 6.92. The number of rotatable bonds is 9. The number of hydrogen-bond acceptors (Lipinski definition) is 6. The van der Waals surface area contributed by atoms with E-state index in [1.54, 1.807) is 49.7 Å². The van der Waals surface area contributed by atoms with Gasteiger partial charge in [-0.05, 0) is 82.4 Å². The molecule has 10 heteroatoms. The van der Waals surface area contributed by atoms with Crippen LogP contribution >= 0.6 is 11.6 Å². The highest BCUT2D eigenvalue weighted by atomic mass is 35.5. The number of hydrogen-bond donors (Lipinski definition) is 2. The van der Waals surface area contributed by atoms with Crippen LogP contribution in [0.25, 0.3) is 12.2 Å². The van der Waals surface area contributed by atoms with Gasteiger partial charge in [-0.3, -0.25) is 4.72 Å². The van der Waals surface area contributed by atoms with E-state index in [2.05, 4.69) is 39.0 Å². The maximum absolute atomic E-state index is 14.9. The summed E-state index contributed by atoms with van der Waals surface area (Å²) in [4.78, 5) is 11.0. The molecule has 1 heterocycles. The molecule has 1 aromatic heterocycles. The molecule has 0 radical (unpaired) electrons. The summed E-state index contributed by atoms with van der Waals surface area (Å²) in [7, 11) is 0.330. The van der Waals surface area contributed by atoms with E-state index in [0.717, 1.165) is 18.2 Å². The van der Waals surface area contributed by atoms with Gasteiger partial charge >= 0.3 is 0 Å². The number of nitrogens with zero attached hydrogens (tertiary/aromatic N) is 3. The van der Waals surface area contributed by atoms with Crippen molar-refractivity contribution in [3.05, 3.63) is 76.3 Å². The smallest absolute Gasteiger partial charge is 0.263 e. The third kappa shape index (κ3) is 7.09. The topological polar surface area (TPSA) is 87.2 Å². The second kappa shape index (κ2) is 12.2. The summed E-state index contributed by atoms with van der Waals surface area (Å²) in [6.45, 7) is 2.57. The number of aromatic nitrogens is 2. The molecular weight excluding hydrogens is 525 g/mol. The van der Waals surface area contributed by atoms with E-state index in [-0.39, 0.29) is 15.6 Å². The van der Waals surface area contributed by atoms with Crippen molar-refractivity contribution in [1.29, 1.82) is 0 Å². The van der Waals surface area contributed by atoms with Crippen molar-refractivity contribution in [2.24, 2.45) is 5.92 Å². The van der Waals surface area contributed by atoms with Crippen molar-refractivity contribution < 1.29 is 12.8 Å². The fourth-order valence-electron chi connectivity index (χ4n) is 4.69. The van der Waals surface area contributed by atoms with Gasteiger partial charge in [0.2, 0.25) is 5.95 Å². The summed E-state index contributed by atoms with van der Waals surface area (Å²) in [5.41, 5.74) is 1.76. The van der Waals surface area contributed by atoms with Crippen molar-refractivity contribution in [3.8, 4) is 0 Å². The molecule has 0 aliphatic heterocycles. The molecule has 0 bridgehead atoms. The first-order chi connectivity index (χ1) is 18.1. The Bertz CT molecular complexity index is 1370. The fraction of sp³-hybridized carbons (Fsp3) is 0.357. The van der Waals surface area contributed by atoms with Gasteiger partial charge in [0.25, 0.3) is 10.0 Å². The molecule has 2 aromatic carbocycles. The average Bonchev–Trinajstić information content (AvgIpc) is 2.88. The number of benzene rings is 2. The van der Waals surface area contributed by atoms with Crippen LogP contribution in [0.3, 0.4) is 0 Å². The molecule has 2 N–H and O–H groups in total. The Morgan fingerprint density at radius 1 is 1.08 bits per heavy atom. The lowest BCUT2D eigenvalue weighted by Crippen LogP contribution is -2.33. The van der Waals surface area contributed by atoms with Crippen LogP contribution in [0.4, 0.5) is 16.0 Å². The molecule has 38 heavy (non-hydrogen) atoms. The van der Waals surface area contributed by atoms with Gasteiger partial charge in [-0.15, -0.1) is 0 Å². The highest BCUT2D eigenvalue weighted by Gasteiger charge is 2.22. The zero-order chi connectivity index (χ0) is 27.3. The first-order valence-corrected chi connectivity index (χ1v) is 14.5. The van der Waals surface area contributed by atoms with E-state index in [1.807, 2.05) is 0 Å². The second-order valence-electron chi connectivity index (χ2n) is 9.92. The summed E-state index contributed by atoms with van der Waals surface area (Å²) in [6, 6.07) is 9.49. The molecule has 1 aliphatic rings. The zero-order valence-corrected chi connectivity index (χ0v) is 23.4. The Hall–Kier alpha value is -3.01. The Labute approximate surface area is 229 Å². The van der Waals surface area contributed by atoms with Crippen LogP contribution < -0.4 is 10.0 Å². The second-order valence-corrected chi connectivity index (χ2v) is 12.0. The quantitative estimate of drug-likeness (QED) is 0.331. The predicted molar refractivity (Wildman–Crippen MR) is 152 cm³/mol. The Kier molecular flexibility index (Phi) is 9.02. The summed E-state index contributed by atoms with van der Waals surface area (Å²) in [6.07, 6.45) is 11.6. The Morgan fingerprint density at radius 3 is 2.39 bits per heavy atom. The van der Waals surface area contributed by atoms with Crippen LogP contribution in [0.2, 0.25) is 5.02 Å². The first-order valence-electron chi connectivity index (χ1n) is 12.6. The van der Waals surface area contributed by atoms with E-state index in [0.29, 0.717) is 29.0 Å². The number of nitrogens with one attached hydrogen (secondary N) is 2. The number of halogens is 2. The normalized spacial score (nSPS) is 18.2. The van der Waals surface area contributed by atoms with Crippen molar-refractivity contribution in [2.45, 2.75) is 43.5 Å². The molecule has 202 valence electrons. The Balaban J connectivity index is 1.36. The van der Waals surface area contributed by atoms with E-state index in [1.165, 1.54) is 37.8 Å². The predicted octanol–water partition coefficient (Wildman–Crippen LogP) is 6.08. The summed E-state index contributed by atoms with van der Waals surface area (Å²) < 4.78 is 42.7. The van der Waals surface area contributed by atoms with Crippen LogP contribution in [0.5, 0.6) is 0 Å². The minimum Gasteiger partial charge on any atom is -0.354 e. The van der Waals surface area contributed by atoms with Gasteiger partial charge in [0.15, 0.2) is 0 Å². The standard InChI is InChI=1S/C28H33ClFN5O2S/c1-19-14-22(34-38(36,37)27-7-5-4-6-25(27)29)15-26(30)24(19)13-10-21-17-32-28(33-18-21)31-16-20-8-11-23(12-9-20)35(2)3/h4-7,10,13-15,17-18,20,23,34H,8-9,11-12,16H2,1-3H3,(H,31,32,33)/b13-10+. The third-order valence-corrected chi connectivity index (χ3v) is 8.81. The highest BCUT2D eigenvalue weighted by molar-refractivity contribution is 7.92. The lowest BCUT2D eigenvalue weighted by Gasteiger charge is -2.32. The van der Waals surface area contributed by atoms with Gasteiger partial charge in [-0.1, -0.05) is 35.9 Å². The van der Waals surface area contributed by atoms with Crippen molar-refractivity contribution in [1.82, 2.24) is 14.9 Å². The molecule has 1 aliphatic carbocycles. The fourth-order valence-corrected chi connectivity index (χ4v) is 6.26. The molecule has 0 atom stereocenters. The van der Waals surface area contributed by atoms with Crippen molar-refractivity contribution in [2.75, 3.05) is 30.7 Å². The maximum Gasteiger partial charge on any atom is 0.263 e. The van der Waals surface area contributed by atoms with Gasteiger partial charge in [0.1, 0.15) is 10.7 Å². The molecule has 1 saturated carbocycles. The van der Waals surface area contributed by atoms with Gasteiger partial charge in [0, 0.05) is 36.1 Å². The molecule has 0 saturated heterocycles. The monoisotopic (exact) mass is 557 g/mol. The maximum atomic E-state index is 14.9. The minimum absolute atomic E-state index is 0.0710. The highest BCUT2D eigenvalue weighted by Crippen LogP contribution is 2.28. The summed E-state index contributed by atoms with van der Waals surface area (Å²) >= 11 is 6.02. The molecule has 0 unspecified atom stereocenters. The summed E-state index contributed by atoms with van der Waals surface area (Å²) in [5.74, 6) is 0.646. The lowest BCUT2D eigenvalue weighted by atomic mass is 9.85. The van der Waals surface area contributed by atoms with E-state index in [9.17, 15) is 12.8 Å². The van der Waals surface area contributed by atoms with Crippen LogP contribution in [0.15, 0.2) is 53.7 Å². The van der Waals surface area contributed by atoms with Crippen LogP contribution in [-0.4, -0.2) is 50.0 Å².